The number of hydrogen-bond donors (Lipinski definition) is 1. The van der Waals surface area contributed by atoms with Gasteiger partial charge in [-0.25, -0.2) is 9.97 Å². The number of amides is 1. The van der Waals surface area contributed by atoms with Gasteiger partial charge in [0.25, 0.3) is 0 Å². The summed E-state index contributed by atoms with van der Waals surface area (Å²) in [6, 6.07) is 5.81. The lowest BCUT2D eigenvalue weighted by Crippen LogP contribution is -2.41. The highest BCUT2D eigenvalue weighted by Crippen LogP contribution is 2.25. The van der Waals surface area contributed by atoms with Gasteiger partial charge in [-0.05, 0) is 17.7 Å². The minimum Gasteiger partial charge on any atom is -0.481 e. The van der Waals surface area contributed by atoms with Crippen LogP contribution in [0.3, 0.4) is 0 Å². The van der Waals surface area contributed by atoms with Crippen LogP contribution < -0.4 is 4.74 Å². The lowest BCUT2D eigenvalue weighted by molar-refractivity contribution is -0.134. The van der Waals surface area contributed by atoms with E-state index in [1.807, 2.05) is 29.3 Å². The fourth-order valence-corrected chi connectivity index (χ4v) is 3.12. The Morgan fingerprint density at radius 3 is 2.77 bits per heavy atom. The van der Waals surface area contributed by atoms with Crippen LogP contribution in [0, 0.1) is 0 Å². The van der Waals surface area contributed by atoms with E-state index in [0.29, 0.717) is 38.6 Å². The number of aromatic amines is 1. The third kappa shape index (κ3) is 3.25. The maximum Gasteiger partial charge on any atom is 0.227 e. The molecule has 134 valence electrons. The first-order chi connectivity index (χ1) is 12.7. The SMILES string of the molecule is COc1ccc(-c2cnc3[nH]cc(CC(=O)N4CCOCC4)c3c2)cn1. The molecule has 0 unspecified atom stereocenters. The van der Waals surface area contributed by atoms with Gasteiger partial charge in [0.05, 0.1) is 26.7 Å². The van der Waals surface area contributed by atoms with Crippen LogP contribution >= 0.6 is 0 Å². The number of fused-ring (bicyclic) bond motifs is 1. The fourth-order valence-electron chi connectivity index (χ4n) is 3.12. The van der Waals surface area contributed by atoms with Crippen LogP contribution in [0.1, 0.15) is 5.56 Å². The van der Waals surface area contributed by atoms with Crippen molar-refractivity contribution in [1.82, 2.24) is 19.9 Å². The van der Waals surface area contributed by atoms with E-state index in [-0.39, 0.29) is 5.91 Å². The molecule has 1 N–H and O–H groups in total. The number of aromatic nitrogens is 3. The average molecular weight is 352 g/mol. The zero-order valence-electron chi connectivity index (χ0n) is 14.6. The van der Waals surface area contributed by atoms with E-state index in [9.17, 15) is 4.79 Å². The van der Waals surface area contributed by atoms with Gasteiger partial charge in [0.15, 0.2) is 0 Å². The van der Waals surface area contributed by atoms with Gasteiger partial charge in [-0.3, -0.25) is 4.79 Å². The molecule has 1 aliphatic rings. The summed E-state index contributed by atoms with van der Waals surface area (Å²) in [6.45, 7) is 2.52. The van der Waals surface area contributed by atoms with Crippen molar-refractivity contribution in [1.29, 1.82) is 0 Å². The third-order valence-corrected chi connectivity index (χ3v) is 4.60. The van der Waals surface area contributed by atoms with E-state index < -0.39 is 0 Å². The van der Waals surface area contributed by atoms with Crippen molar-refractivity contribution in [3.8, 4) is 17.0 Å². The Bertz CT molecular complexity index is 914. The molecular formula is C19H20N4O3. The second-order valence-corrected chi connectivity index (χ2v) is 6.19. The van der Waals surface area contributed by atoms with Crippen LogP contribution in [0.5, 0.6) is 5.88 Å². The second kappa shape index (κ2) is 7.13. The number of rotatable bonds is 4. The molecule has 26 heavy (non-hydrogen) atoms. The summed E-state index contributed by atoms with van der Waals surface area (Å²) in [7, 11) is 1.59. The summed E-state index contributed by atoms with van der Waals surface area (Å²) in [6.07, 6.45) is 5.78. The largest absolute Gasteiger partial charge is 0.481 e. The number of morpholine rings is 1. The highest BCUT2D eigenvalue weighted by molar-refractivity contribution is 5.89. The van der Waals surface area contributed by atoms with Crippen LogP contribution in [-0.4, -0.2) is 59.2 Å². The number of methoxy groups -OCH3 is 1. The Hall–Kier alpha value is -2.93. The lowest BCUT2D eigenvalue weighted by atomic mass is 10.1. The molecule has 0 aromatic carbocycles. The van der Waals surface area contributed by atoms with E-state index in [2.05, 4.69) is 15.0 Å². The molecule has 1 amide bonds. The molecular weight excluding hydrogens is 332 g/mol. The first kappa shape index (κ1) is 16.5. The Morgan fingerprint density at radius 1 is 1.23 bits per heavy atom. The number of pyridine rings is 2. The summed E-state index contributed by atoms with van der Waals surface area (Å²) in [5.41, 5.74) is 3.63. The molecule has 4 heterocycles. The molecule has 7 nitrogen and oxygen atoms in total. The molecule has 0 spiro atoms. The third-order valence-electron chi connectivity index (χ3n) is 4.60. The number of H-pyrrole nitrogens is 1. The van der Waals surface area contributed by atoms with Crippen molar-refractivity contribution in [3.63, 3.8) is 0 Å². The van der Waals surface area contributed by atoms with Gasteiger partial charge in [-0.2, -0.15) is 0 Å². The van der Waals surface area contributed by atoms with Crippen molar-refractivity contribution >= 4 is 16.9 Å². The highest BCUT2D eigenvalue weighted by atomic mass is 16.5. The predicted molar refractivity (Wildman–Crippen MR) is 97.0 cm³/mol. The van der Waals surface area contributed by atoms with E-state index in [4.69, 9.17) is 9.47 Å². The molecule has 3 aromatic rings. The molecule has 0 bridgehead atoms. The molecule has 1 aliphatic heterocycles. The van der Waals surface area contributed by atoms with Crippen LogP contribution in [0.4, 0.5) is 0 Å². The fraction of sp³-hybridized carbons (Fsp3) is 0.316. The average Bonchev–Trinajstić information content (AvgIpc) is 3.10. The minimum atomic E-state index is 0.116. The second-order valence-electron chi connectivity index (χ2n) is 6.19. The molecule has 1 saturated heterocycles. The molecule has 4 rings (SSSR count). The first-order valence-corrected chi connectivity index (χ1v) is 8.56. The summed E-state index contributed by atoms with van der Waals surface area (Å²) < 4.78 is 10.4. The summed E-state index contributed by atoms with van der Waals surface area (Å²) in [5, 5.41) is 0.958. The van der Waals surface area contributed by atoms with Crippen molar-refractivity contribution in [3.05, 3.63) is 42.4 Å². The lowest BCUT2D eigenvalue weighted by Gasteiger charge is -2.26. The van der Waals surface area contributed by atoms with Crippen LogP contribution in [0.2, 0.25) is 0 Å². The van der Waals surface area contributed by atoms with Crippen molar-refractivity contribution < 1.29 is 14.3 Å². The highest BCUT2D eigenvalue weighted by Gasteiger charge is 2.19. The quantitative estimate of drug-likeness (QED) is 0.777. The van der Waals surface area contributed by atoms with E-state index >= 15 is 0 Å². The molecule has 7 heteroatoms. The molecule has 0 radical (unpaired) electrons. The Balaban J connectivity index is 1.60. The van der Waals surface area contributed by atoms with Gasteiger partial charge in [-0.1, -0.05) is 0 Å². The summed E-state index contributed by atoms with van der Waals surface area (Å²) in [5.74, 6) is 0.687. The molecule has 0 atom stereocenters. The number of nitrogens with zero attached hydrogens (tertiary/aromatic N) is 3. The van der Waals surface area contributed by atoms with Crippen molar-refractivity contribution in [2.75, 3.05) is 33.4 Å². The molecule has 3 aromatic heterocycles. The Labute approximate surface area is 151 Å². The van der Waals surface area contributed by atoms with Gasteiger partial charge in [0, 0.05) is 54.3 Å². The number of ether oxygens (including phenoxy) is 2. The topological polar surface area (TPSA) is 80.3 Å². The summed E-state index contributed by atoms with van der Waals surface area (Å²) in [4.78, 5) is 26.3. The van der Waals surface area contributed by atoms with E-state index in [0.717, 1.165) is 27.7 Å². The zero-order valence-corrected chi connectivity index (χ0v) is 14.6. The van der Waals surface area contributed by atoms with Gasteiger partial charge in [-0.15, -0.1) is 0 Å². The standard InChI is InChI=1S/C19H20N4O3/c1-25-17-3-2-13(10-20-17)14-8-16-15(12-22-19(16)21-11-14)9-18(24)23-4-6-26-7-5-23/h2-3,8,10-12H,4-7,9H2,1H3,(H,21,22). The van der Waals surface area contributed by atoms with Crippen LogP contribution in [-0.2, 0) is 16.0 Å². The monoisotopic (exact) mass is 352 g/mol. The van der Waals surface area contributed by atoms with Crippen LogP contribution in [0.25, 0.3) is 22.2 Å². The van der Waals surface area contributed by atoms with Crippen molar-refractivity contribution in [2.45, 2.75) is 6.42 Å². The maximum atomic E-state index is 12.5. The van der Waals surface area contributed by atoms with E-state index in [1.165, 1.54) is 0 Å². The first-order valence-electron chi connectivity index (χ1n) is 8.56. The van der Waals surface area contributed by atoms with Crippen molar-refractivity contribution in [2.24, 2.45) is 0 Å². The van der Waals surface area contributed by atoms with E-state index in [1.54, 1.807) is 19.5 Å². The predicted octanol–water partition coefficient (Wildman–Crippen LogP) is 2.03. The normalized spacial score (nSPS) is 14.6. The molecule has 0 saturated carbocycles. The van der Waals surface area contributed by atoms with Gasteiger partial charge in [0.2, 0.25) is 11.8 Å². The van der Waals surface area contributed by atoms with Gasteiger partial charge in [0.1, 0.15) is 5.65 Å². The molecule has 1 fully saturated rings. The maximum absolute atomic E-state index is 12.5. The smallest absolute Gasteiger partial charge is 0.227 e. The zero-order chi connectivity index (χ0) is 17.9. The van der Waals surface area contributed by atoms with Crippen LogP contribution in [0.15, 0.2) is 36.8 Å². The Kier molecular flexibility index (Phi) is 4.53. The van der Waals surface area contributed by atoms with Gasteiger partial charge < -0.3 is 19.4 Å². The Morgan fingerprint density at radius 2 is 2.04 bits per heavy atom. The summed E-state index contributed by atoms with van der Waals surface area (Å²) >= 11 is 0. The number of carbonyl (C=O) groups excluding carboxylic acids is 1. The van der Waals surface area contributed by atoms with Gasteiger partial charge >= 0.3 is 0 Å². The number of carbonyl (C=O) groups is 1. The molecule has 0 aliphatic carbocycles. The number of hydrogen-bond acceptors (Lipinski definition) is 5. The minimum absolute atomic E-state index is 0.116. The number of nitrogens with one attached hydrogen (secondary N) is 1.